The van der Waals surface area contributed by atoms with Crippen molar-refractivity contribution in [3.63, 3.8) is 0 Å². The van der Waals surface area contributed by atoms with E-state index in [9.17, 15) is 13.2 Å². The van der Waals surface area contributed by atoms with Gasteiger partial charge in [0.25, 0.3) is 0 Å². The zero-order valence-corrected chi connectivity index (χ0v) is 8.87. The second kappa shape index (κ2) is 4.93. The molecule has 0 bridgehead atoms. The monoisotopic (exact) mass is 222 g/mol. The third kappa shape index (κ3) is 2.42. The summed E-state index contributed by atoms with van der Waals surface area (Å²) in [7, 11) is 1.13. The van der Waals surface area contributed by atoms with Gasteiger partial charge in [0, 0.05) is 6.07 Å². The first kappa shape index (κ1) is 12.9. The quantitative estimate of drug-likeness (QED) is 0.403. The van der Waals surface area contributed by atoms with Gasteiger partial charge in [-0.3, -0.25) is 0 Å². The number of benzene rings is 1. The van der Waals surface area contributed by atoms with Gasteiger partial charge < -0.3 is 7.59 Å². The molecule has 0 saturated heterocycles. The number of rotatable bonds is 1. The van der Waals surface area contributed by atoms with Crippen LogP contribution in [0.5, 0.6) is 5.75 Å². The largest absolute Gasteiger partial charge is 2.00 e. The Balaban J connectivity index is -0.000000480. The average molecular weight is 223 g/mol. The van der Waals surface area contributed by atoms with Gasteiger partial charge in [0.2, 0.25) is 0 Å². The van der Waals surface area contributed by atoms with Crippen LogP contribution in [0.1, 0.15) is 2.85 Å². The van der Waals surface area contributed by atoms with Crippen molar-refractivity contribution in [2.24, 2.45) is 0 Å². The van der Waals surface area contributed by atoms with Crippen LogP contribution in [0.15, 0.2) is 6.07 Å². The van der Waals surface area contributed by atoms with E-state index >= 15 is 0 Å². The van der Waals surface area contributed by atoms with Gasteiger partial charge in [0.05, 0.1) is 7.11 Å². The van der Waals surface area contributed by atoms with Crippen molar-refractivity contribution < 1.29 is 20.8 Å². The van der Waals surface area contributed by atoms with Crippen molar-refractivity contribution in [2.45, 2.75) is 0 Å². The van der Waals surface area contributed by atoms with E-state index in [4.69, 9.17) is 11.6 Å². The summed E-state index contributed by atoms with van der Waals surface area (Å²) < 4.78 is 42.2. The molecule has 0 atom stereocenters. The first-order valence-corrected chi connectivity index (χ1v) is 3.32. The first-order chi connectivity index (χ1) is 5.57. The number of hydrogen-bond acceptors (Lipinski definition) is 1. The van der Waals surface area contributed by atoms with Crippen LogP contribution in [-0.2, 0) is 0 Å². The Morgan fingerprint density at radius 3 is 2.31 bits per heavy atom. The molecule has 0 fully saturated rings. The van der Waals surface area contributed by atoms with E-state index < -0.39 is 28.2 Å². The fourth-order valence-electron chi connectivity index (χ4n) is 0.700. The zero-order chi connectivity index (χ0) is 9.30. The van der Waals surface area contributed by atoms with E-state index in [0.29, 0.717) is 6.07 Å². The summed E-state index contributed by atoms with van der Waals surface area (Å²) in [6.45, 7) is 0. The Morgan fingerprint density at radius 2 is 1.85 bits per heavy atom. The summed E-state index contributed by atoms with van der Waals surface area (Å²) in [5.41, 5.74) is 0. The second-order valence-electron chi connectivity index (χ2n) is 2.00. The standard InChI is InChI=1S/C7H4ClF3O.Mg.2H/c1-12-4-2-3(9)6(10)5(8)7(4)11;;;/h2H,1H3;;;/q;+2;2*-1. The van der Waals surface area contributed by atoms with Gasteiger partial charge in [-0.25, -0.2) is 13.2 Å². The van der Waals surface area contributed by atoms with Gasteiger partial charge in [-0.15, -0.1) is 0 Å². The molecule has 0 heterocycles. The fourth-order valence-corrected chi connectivity index (χ4v) is 0.883. The Bertz CT molecular complexity index is 328. The molecule has 1 nitrogen and oxygen atoms in total. The van der Waals surface area contributed by atoms with E-state index in [2.05, 4.69) is 4.74 Å². The van der Waals surface area contributed by atoms with Gasteiger partial charge in [-0.2, -0.15) is 0 Å². The van der Waals surface area contributed by atoms with E-state index in [0.717, 1.165) is 7.11 Å². The number of ether oxygens (including phenoxy) is 1. The van der Waals surface area contributed by atoms with Gasteiger partial charge in [0.15, 0.2) is 23.2 Å². The third-order valence-electron chi connectivity index (χ3n) is 1.29. The molecule has 0 N–H and O–H groups in total. The van der Waals surface area contributed by atoms with Crippen molar-refractivity contribution >= 4 is 34.7 Å². The minimum Gasteiger partial charge on any atom is -1.00 e. The molecule has 1 aromatic carbocycles. The summed E-state index contributed by atoms with van der Waals surface area (Å²) in [4.78, 5) is 0. The molecule has 6 heteroatoms. The summed E-state index contributed by atoms with van der Waals surface area (Å²) in [5.74, 6) is -4.16. The fraction of sp³-hybridized carbons (Fsp3) is 0.143. The van der Waals surface area contributed by atoms with Crippen molar-refractivity contribution in [2.75, 3.05) is 7.11 Å². The van der Waals surface area contributed by atoms with Crippen LogP contribution >= 0.6 is 11.6 Å². The molecule has 0 spiro atoms. The molecular weight excluding hydrogens is 217 g/mol. The predicted molar refractivity (Wildman–Crippen MR) is 45.9 cm³/mol. The summed E-state index contributed by atoms with van der Waals surface area (Å²) in [6, 6.07) is 0.594. The molecule has 0 aliphatic carbocycles. The Labute approximate surface area is 96.9 Å². The van der Waals surface area contributed by atoms with Crippen molar-refractivity contribution in [3.8, 4) is 5.75 Å². The second-order valence-corrected chi connectivity index (χ2v) is 2.38. The van der Waals surface area contributed by atoms with Crippen LogP contribution in [-0.4, -0.2) is 30.2 Å². The average Bonchev–Trinajstić information content (AvgIpc) is 2.08. The molecule has 0 saturated carbocycles. The molecule has 1 rings (SSSR count). The van der Waals surface area contributed by atoms with Gasteiger partial charge >= 0.3 is 23.1 Å². The molecule has 1 aromatic rings. The van der Waals surface area contributed by atoms with Gasteiger partial charge in [0.1, 0.15) is 5.02 Å². The Morgan fingerprint density at radius 1 is 1.31 bits per heavy atom. The summed E-state index contributed by atoms with van der Waals surface area (Å²) >= 11 is 5.10. The SMILES string of the molecule is COc1cc(F)c(F)c(Cl)c1F.[H-].[H-].[Mg+2]. The van der Waals surface area contributed by atoms with Crippen LogP contribution in [0.3, 0.4) is 0 Å². The Kier molecular flexibility index (Phi) is 4.87. The Hall–Kier alpha value is -0.134. The van der Waals surface area contributed by atoms with Crippen molar-refractivity contribution in [1.29, 1.82) is 0 Å². The normalized spacial score (nSPS) is 9.31. The molecule has 0 unspecified atom stereocenters. The maximum absolute atomic E-state index is 12.8. The van der Waals surface area contributed by atoms with Crippen molar-refractivity contribution in [3.05, 3.63) is 28.5 Å². The van der Waals surface area contributed by atoms with Gasteiger partial charge in [-0.1, -0.05) is 11.6 Å². The van der Waals surface area contributed by atoms with E-state index in [-0.39, 0.29) is 25.9 Å². The van der Waals surface area contributed by atoms with Crippen LogP contribution in [0, 0.1) is 17.5 Å². The van der Waals surface area contributed by atoms with Crippen LogP contribution in [0.4, 0.5) is 13.2 Å². The molecule has 0 aliphatic heterocycles. The van der Waals surface area contributed by atoms with E-state index in [1.807, 2.05) is 0 Å². The van der Waals surface area contributed by atoms with Crippen LogP contribution < -0.4 is 4.74 Å². The smallest absolute Gasteiger partial charge is 1.00 e. The number of hydrogen-bond donors (Lipinski definition) is 0. The van der Waals surface area contributed by atoms with E-state index in [1.165, 1.54) is 0 Å². The molecule has 13 heavy (non-hydrogen) atoms. The minimum atomic E-state index is -1.41. The molecule has 70 valence electrons. The number of methoxy groups -OCH3 is 1. The van der Waals surface area contributed by atoms with Crippen LogP contribution in [0.25, 0.3) is 0 Å². The van der Waals surface area contributed by atoms with Crippen LogP contribution in [0.2, 0.25) is 5.02 Å². The molecule has 0 aliphatic rings. The first-order valence-electron chi connectivity index (χ1n) is 2.95. The summed E-state index contributed by atoms with van der Waals surface area (Å²) in [5, 5.41) is -0.896. The third-order valence-corrected chi connectivity index (χ3v) is 1.62. The molecular formula is C7H6ClF3MgO. The van der Waals surface area contributed by atoms with Gasteiger partial charge in [-0.05, 0) is 0 Å². The number of halogens is 4. The molecule has 0 radical (unpaired) electrons. The molecule has 0 aromatic heterocycles. The maximum Gasteiger partial charge on any atom is 2.00 e. The zero-order valence-electron chi connectivity index (χ0n) is 8.70. The van der Waals surface area contributed by atoms with E-state index in [1.54, 1.807) is 0 Å². The van der Waals surface area contributed by atoms with Crippen molar-refractivity contribution in [1.82, 2.24) is 0 Å². The molecule has 0 amide bonds. The summed E-state index contributed by atoms with van der Waals surface area (Å²) in [6.07, 6.45) is 0. The maximum atomic E-state index is 12.8. The minimum absolute atomic E-state index is 0. The predicted octanol–water partition coefficient (Wildman–Crippen LogP) is 2.61. The topological polar surface area (TPSA) is 9.23 Å².